The van der Waals surface area contributed by atoms with Crippen LogP contribution in [0.25, 0.3) is 0 Å². The second-order valence-corrected chi connectivity index (χ2v) is 84.4. The summed E-state index contributed by atoms with van der Waals surface area (Å²) in [6.45, 7) is 33.7. The van der Waals surface area contributed by atoms with Gasteiger partial charge in [0.15, 0.2) is 0 Å². The van der Waals surface area contributed by atoms with Crippen molar-refractivity contribution in [2.24, 2.45) is 0 Å². The summed E-state index contributed by atoms with van der Waals surface area (Å²) >= 11 is 0. The molecule has 1 rings (SSSR count). The summed E-state index contributed by atoms with van der Waals surface area (Å²) in [5.74, 6) is 0. The van der Waals surface area contributed by atoms with E-state index >= 15 is 0 Å². The molecule has 0 atom stereocenters. The van der Waals surface area contributed by atoms with Crippen molar-refractivity contribution in [3.8, 4) is 0 Å². The second-order valence-electron chi connectivity index (χ2n) is 10.1. The van der Waals surface area contributed by atoms with E-state index in [-0.39, 0.29) is 117 Å². The van der Waals surface area contributed by atoms with Gasteiger partial charge in [-0.3, -0.25) is 21.8 Å². The van der Waals surface area contributed by atoms with E-state index in [1.807, 2.05) is 0 Å². The quantitative estimate of drug-likeness (QED) is 0.438. The average Bonchev–Trinajstić information content (AvgIpc) is 2.02. The van der Waals surface area contributed by atoms with E-state index in [0.717, 1.165) is 0 Å². The van der Waals surface area contributed by atoms with Crippen LogP contribution < -0.4 is 103 Å². The van der Waals surface area contributed by atoms with Gasteiger partial charge in [-0.05, 0) is 0 Å². The maximum absolute atomic E-state index is 2.89. The smallest absolute Gasteiger partial charge is 0.290 e. The first-order chi connectivity index (χ1) is 7.98. The van der Waals surface area contributed by atoms with Crippen LogP contribution in [0.1, 0.15) is 0 Å². The average molecular weight is 455 g/mol. The van der Waals surface area contributed by atoms with Crippen molar-refractivity contribution in [2.45, 2.75) is 78.6 Å². The third-order valence-corrected chi connectivity index (χ3v) is 163. The molecule has 0 amide bonds. The number of hydrogen-bond donors (Lipinski definition) is 0. The molecular weight excluding hydrogens is 419 g/mol. The van der Waals surface area contributed by atoms with Crippen LogP contribution in [0.2, 0.25) is 78.6 Å². The molecule has 1 aliphatic rings. The fourth-order valence-electron chi connectivity index (χ4n) is 6.06. The van der Waals surface area contributed by atoms with Crippen molar-refractivity contribution in [3.05, 3.63) is 0 Å². The Labute approximate surface area is 227 Å². The van der Waals surface area contributed by atoms with E-state index in [1.54, 1.807) is 0 Å². The van der Waals surface area contributed by atoms with Gasteiger partial charge in [-0.1, -0.05) is 39.3 Å². The van der Waals surface area contributed by atoms with E-state index < -0.39 is 36.5 Å². The summed E-state index contributed by atoms with van der Waals surface area (Å²) in [7, 11) is -4.39. The number of hydrogen-bond acceptors (Lipinski definition) is 0. The van der Waals surface area contributed by atoms with E-state index in [9.17, 15) is 0 Å². The Morgan fingerprint density at radius 3 is 0.810 bits per heavy atom. The standard InChI is InChI=1S/C12H36Si7.2K/c1-15(2,3)13-17(7,8)14(16(4,5)6)19(11,12)18(13,9)10;;/h1-12H3;;/q-2;2*+1. The van der Waals surface area contributed by atoms with Crippen LogP contribution in [0.5, 0.6) is 0 Å². The Hall–Kier alpha value is 4.79. The summed E-state index contributed by atoms with van der Waals surface area (Å²) in [6.07, 6.45) is 0. The summed E-state index contributed by atoms with van der Waals surface area (Å²) < 4.78 is 0. The second kappa shape index (κ2) is 8.43. The summed E-state index contributed by atoms with van der Waals surface area (Å²) in [5, 5.41) is 0. The minimum Gasteiger partial charge on any atom is -0.290 e. The molecule has 1 heterocycles. The molecule has 0 bridgehead atoms. The van der Waals surface area contributed by atoms with Gasteiger partial charge in [0.1, 0.15) is 0 Å². The van der Waals surface area contributed by atoms with Crippen LogP contribution in [-0.2, 0) is 0 Å². The molecule has 0 aliphatic carbocycles. The van der Waals surface area contributed by atoms with Crippen LogP contribution >= 0.6 is 0 Å². The predicted octanol–water partition coefficient (Wildman–Crippen LogP) is -1.65. The Morgan fingerprint density at radius 1 is 0.524 bits per heavy atom. The normalized spacial score (nSPS) is 25.1. The first-order valence-electron chi connectivity index (χ1n) is 7.75. The predicted molar refractivity (Wildman–Crippen MR) is 111 cm³/mol. The van der Waals surface area contributed by atoms with Crippen molar-refractivity contribution in [3.63, 3.8) is 0 Å². The Morgan fingerprint density at radius 2 is 0.714 bits per heavy atom. The maximum Gasteiger partial charge on any atom is 1.00 e. The van der Waals surface area contributed by atoms with Gasteiger partial charge >= 0.3 is 103 Å². The molecule has 0 saturated carbocycles. The van der Waals surface area contributed by atoms with E-state index in [0.29, 0.717) is 0 Å². The molecule has 0 spiro atoms. The van der Waals surface area contributed by atoms with Crippen LogP contribution in [-0.4, -0.2) is 51.2 Å². The number of rotatable bonds is 2. The van der Waals surface area contributed by atoms with Crippen molar-refractivity contribution < 1.29 is 103 Å². The SMILES string of the molecule is C[Si](C)(C)[Si-]1[Si](C)(C)[Si-]([Si](C)(C)C)[Si](C)(C)[Si]1(C)C.[K+].[K+]. The maximum atomic E-state index is 2.89. The molecule has 0 radical (unpaired) electrons. The van der Waals surface area contributed by atoms with Crippen LogP contribution in [0, 0.1) is 0 Å². The van der Waals surface area contributed by atoms with Gasteiger partial charge in [0.2, 0.25) is 0 Å². The van der Waals surface area contributed by atoms with Crippen LogP contribution in [0.15, 0.2) is 0 Å². The zero-order valence-electron chi connectivity index (χ0n) is 17.5. The van der Waals surface area contributed by atoms with E-state index in [1.165, 1.54) is 0 Å². The van der Waals surface area contributed by atoms with Gasteiger partial charge < -0.3 is 0 Å². The summed E-state index contributed by atoms with van der Waals surface area (Å²) in [5.41, 5.74) is 0. The van der Waals surface area contributed by atoms with Gasteiger partial charge in [0, 0.05) is 0 Å². The molecular formula is C12H36K2Si7. The molecule has 21 heavy (non-hydrogen) atoms. The molecule has 0 aromatic carbocycles. The van der Waals surface area contributed by atoms with Crippen LogP contribution in [0.4, 0.5) is 0 Å². The van der Waals surface area contributed by atoms with E-state index in [4.69, 9.17) is 0 Å². The summed E-state index contributed by atoms with van der Waals surface area (Å²) in [6, 6.07) is 0. The fourth-order valence-corrected chi connectivity index (χ4v) is 326. The topological polar surface area (TPSA) is 0 Å². The molecule has 114 valence electrons. The first-order valence-corrected chi connectivity index (χ1v) is 33.8. The molecule has 1 aliphatic heterocycles. The minimum absolute atomic E-state index is 0. The van der Waals surface area contributed by atoms with Crippen LogP contribution in [0.3, 0.4) is 0 Å². The van der Waals surface area contributed by atoms with Crippen molar-refractivity contribution in [1.82, 2.24) is 0 Å². The first kappa shape index (κ1) is 28.0. The molecule has 0 aromatic rings. The van der Waals surface area contributed by atoms with Crippen molar-refractivity contribution >= 4 is 51.2 Å². The molecule has 1 fully saturated rings. The van der Waals surface area contributed by atoms with Gasteiger partial charge in [-0.15, -0.1) is 68.7 Å². The fraction of sp³-hybridized carbons (Fsp3) is 1.00. The molecule has 0 aromatic heterocycles. The van der Waals surface area contributed by atoms with E-state index in [2.05, 4.69) is 78.6 Å². The zero-order valence-corrected chi connectivity index (χ0v) is 30.7. The van der Waals surface area contributed by atoms with Gasteiger partial charge in [-0.25, -0.2) is 0 Å². The van der Waals surface area contributed by atoms with Gasteiger partial charge in [0.25, 0.3) is 0 Å². The molecule has 9 heteroatoms. The molecule has 1 saturated heterocycles. The molecule has 0 nitrogen and oxygen atoms in total. The largest absolute Gasteiger partial charge is 1.00 e. The van der Waals surface area contributed by atoms with Gasteiger partial charge in [0.05, 0.1) is 0 Å². The Bertz CT molecular complexity index is 335. The molecule has 0 unspecified atom stereocenters. The monoisotopic (exact) mass is 454 g/mol. The Kier molecular flexibility index (Phi) is 11.2. The third kappa shape index (κ3) is 5.19. The zero-order chi connectivity index (χ0) is 15.7. The van der Waals surface area contributed by atoms with Crippen molar-refractivity contribution in [2.75, 3.05) is 0 Å². The van der Waals surface area contributed by atoms with Gasteiger partial charge in [-0.2, -0.15) is 0 Å². The Balaban J connectivity index is 0. The van der Waals surface area contributed by atoms with Crippen molar-refractivity contribution in [1.29, 1.82) is 0 Å². The third-order valence-electron chi connectivity index (χ3n) is 5.56. The summed E-state index contributed by atoms with van der Waals surface area (Å²) in [4.78, 5) is 0. The molecule has 0 N–H and O–H groups in total. The minimum atomic E-state index is -0.897.